The van der Waals surface area contributed by atoms with Crippen molar-refractivity contribution in [2.45, 2.75) is 25.3 Å². The van der Waals surface area contributed by atoms with Gasteiger partial charge in [0.15, 0.2) is 5.82 Å². The zero-order chi connectivity index (χ0) is 16.4. The molecule has 0 aliphatic carbocycles. The van der Waals surface area contributed by atoms with Crippen molar-refractivity contribution in [3.63, 3.8) is 0 Å². The lowest BCUT2D eigenvalue weighted by Gasteiger charge is -2.30. The van der Waals surface area contributed by atoms with Crippen molar-refractivity contribution in [1.82, 2.24) is 20.4 Å². The average molecular weight is 316 g/mol. The van der Waals surface area contributed by atoms with Crippen molar-refractivity contribution in [2.24, 2.45) is 0 Å². The number of hydrogen-bond donors (Lipinski definition) is 1. The summed E-state index contributed by atoms with van der Waals surface area (Å²) < 4.78 is 11.1. The van der Waals surface area contributed by atoms with Crippen molar-refractivity contribution < 1.29 is 9.26 Å². The highest BCUT2D eigenvalue weighted by molar-refractivity contribution is 5.42. The Labute approximate surface area is 136 Å². The van der Waals surface area contributed by atoms with E-state index in [9.17, 15) is 0 Å². The fourth-order valence-corrected chi connectivity index (χ4v) is 2.99. The quantitative estimate of drug-likeness (QED) is 0.930. The van der Waals surface area contributed by atoms with Gasteiger partial charge >= 0.3 is 0 Å². The molecule has 3 rings (SSSR count). The third-order valence-corrected chi connectivity index (χ3v) is 4.57. The van der Waals surface area contributed by atoms with E-state index in [1.165, 1.54) is 0 Å². The number of hydrogen-bond acceptors (Lipinski definition) is 6. The molecule has 1 fully saturated rings. The maximum atomic E-state index is 5.61. The van der Waals surface area contributed by atoms with Crippen LogP contribution in [0.15, 0.2) is 28.8 Å². The zero-order valence-corrected chi connectivity index (χ0v) is 14.2. The summed E-state index contributed by atoms with van der Waals surface area (Å²) in [5.74, 6) is 2.17. The first-order valence-corrected chi connectivity index (χ1v) is 7.92. The number of rotatable bonds is 4. The molecule has 23 heavy (non-hydrogen) atoms. The number of likely N-dealkylation sites (N-methyl/N-ethyl adjacent to an activating group) is 1. The van der Waals surface area contributed by atoms with E-state index in [-0.39, 0.29) is 6.04 Å². The number of benzene rings is 1. The Balaban J connectivity index is 1.92. The van der Waals surface area contributed by atoms with Gasteiger partial charge in [-0.15, -0.1) is 0 Å². The van der Waals surface area contributed by atoms with E-state index in [1.54, 1.807) is 7.11 Å². The molecule has 0 amide bonds. The van der Waals surface area contributed by atoms with E-state index < -0.39 is 5.41 Å². The van der Waals surface area contributed by atoms with Crippen LogP contribution >= 0.6 is 0 Å². The van der Waals surface area contributed by atoms with Gasteiger partial charge in [0.05, 0.1) is 18.6 Å². The maximum absolute atomic E-state index is 5.61. The highest BCUT2D eigenvalue weighted by Gasteiger charge is 2.34. The van der Waals surface area contributed by atoms with Crippen molar-refractivity contribution in [2.75, 3.05) is 33.8 Å². The van der Waals surface area contributed by atoms with Gasteiger partial charge in [-0.1, -0.05) is 23.4 Å². The molecule has 2 heterocycles. The molecule has 1 aromatic carbocycles. The molecular weight excluding hydrogens is 292 g/mol. The summed E-state index contributed by atoms with van der Waals surface area (Å²) in [7, 11) is 3.77. The predicted octanol–water partition coefficient (Wildman–Crippen LogP) is 1.98. The Morgan fingerprint density at radius 2 is 2.13 bits per heavy atom. The molecule has 124 valence electrons. The second-order valence-corrected chi connectivity index (χ2v) is 6.48. The summed E-state index contributed by atoms with van der Waals surface area (Å²) in [6, 6.07) is 8.09. The van der Waals surface area contributed by atoms with Gasteiger partial charge in [-0.25, -0.2) is 0 Å². The summed E-state index contributed by atoms with van der Waals surface area (Å²) in [4.78, 5) is 6.94. The summed E-state index contributed by atoms with van der Waals surface area (Å²) in [5, 5.41) is 7.61. The maximum Gasteiger partial charge on any atom is 0.236 e. The topological polar surface area (TPSA) is 63.4 Å². The molecule has 1 N–H and O–H groups in total. The van der Waals surface area contributed by atoms with Crippen LogP contribution in [0.1, 0.15) is 37.2 Å². The lowest BCUT2D eigenvalue weighted by molar-refractivity contribution is 0.190. The van der Waals surface area contributed by atoms with Crippen LogP contribution in [0.5, 0.6) is 5.75 Å². The van der Waals surface area contributed by atoms with Gasteiger partial charge in [-0.2, -0.15) is 4.98 Å². The lowest BCUT2D eigenvalue weighted by Crippen LogP contribution is -2.44. The second-order valence-electron chi connectivity index (χ2n) is 6.48. The molecule has 1 aliphatic rings. The highest BCUT2D eigenvalue weighted by atomic mass is 16.5. The van der Waals surface area contributed by atoms with Gasteiger partial charge in [0.1, 0.15) is 5.75 Å². The fraction of sp³-hybridized carbons (Fsp3) is 0.529. The molecule has 0 spiro atoms. The minimum absolute atomic E-state index is 0.148. The molecule has 1 aromatic heterocycles. The highest BCUT2D eigenvalue weighted by Crippen LogP contribution is 2.36. The summed E-state index contributed by atoms with van der Waals surface area (Å²) in [6.07, 6.45) is 0. The van der Waals surface area contributed by atoms with Gasteiger partial charge in [0, 0.05) is 25.2 Å². The molecule has 2 aromatic rings. The number of piperazine rings is 1. The largest absolute Gasteiger partial charge is 0.496 e. The first-order chi connectivity index (χ1) is 11.0. The van der Waals surface area contributed by atoms with Crippen molar-refractivity contribution >= 4 is 0 Å². The van der Waals surface area contributed by atoms with Gasteiger partial charge in [-0.3, -0.25) is 4.90 Å². The third-order valence-electron chi connectivity index (χ3n) is 4.57. The first-order valence-electron chi connectivity index (χ1n) is 7.92. The standard InChI is InChI=1S/C17H24N4O2/c1-17(2,12-7-5-6-8-14(12)22-4)16-19-15(20-23-16)13-11-18-9-10-21(13)3/h5-8,13,18H,9-11H2,1-4H3. The Morgan fingerprint density at radius 3 is 2.87 bits per heavy atom. The van der Waals surface area contributed by atoms with Crippen molar-refractivity contribution in [3.05, 3.63) is 41.5 Å². The molecular formula is C17H24N4O2. The Bertz CT molecular complexity index is 668. The smallest absolute Gasteiger partial charge is 0.236 e. The Kier molecular flexibility index (Phi) is 4.37. The van der Waals surface area contributed by atoms with Crippen LogP contribution in [0.25, 0.3) is 0 Å². The average Bonchev–Trinajstić information content (AvgIpc) is 3.06. The van der Waals surface area contributed by atoms with Crippen LogP contribution in [0.3, 0.4) is 0 Å². The number of nitrogens with zero attached hydrogens (tertiary/aromatic N) is 3. The van der Waals surface area contributed by atoms with Crippen LogP contribution in [0, 0.1) is 0 Å². The summed E-state index contributed by atoms with van der Waals surface area (Å²) >= 11 is 0. The molecule has 0 bridgehead atoms. The predicted molar refractivity (Wildman–Crippen MR) is 87.7 cm³/mol. The minimum Gasteiger partial charge on any atom is -0.496 e. The van der Waals surface area contributed by atoms with Gasteiger partial charge in [0.2, 0.25) is 5.89 Å². The molecule has 0 radical (unpaired) electrons. The molecule has 0 saturated carbocycles. The van der Waals surface area contributed by atoms with Gasteiger partial charge in [-0.05, 0) is 27.0 Å². The van der Waals surface area contributed by atoms with E-state index in [0.717, 1.165) is 36.8 Å². The van der Waals surface area contributed by atoms with E-state index >= 15 is 0 Å². The number of nitrogens with one attached hydrogen (secondary N) is 1. The van der Waals surface area contributed by atoms with E-state index in [0.29, 0.717) is 5.89 Å². The van der Waals surface area contributed by atoms with Crippen molar-refractivity contribution in [1.29, 1.82) is 0 Å². The normalized spacial score (nSPS) is 19.7. The van der Waals surface area contributed by atoms with E-state index in [4.69, 9.17) is 14.2 Å². The molecule has 1 saturated heterocycles. The lowest BCUT2D eigenvalue weighted by atomic mass is 9.84. The second kappa shape index (κ2) is 6.29. The first kappa shape index (κ1) is 16.0. The fourth-order valence-electron chi connectivity index (χ4n) is 2.99. The van der Waals surface area contributed by atoms with Crippen LogP contribution in [-0.4, -0.2) is 48.8 Å². The minimum atomic E-state index is -0.418. The SMILES string of the molecule is COc1ccccc1C(C)(C)c1nc(C2CNCCN2C)no1. The third kappa shape index (κ3) is 2.96. The van der Waals surface area contributed by atoms with Gasteiger partial charge in [0.25, 0.3) is 0 Å². The van der Waals surface area contributed by atoms with Crippen molar-refractivity contribution in [3.8, 4) is 5.75 Å². The Hall–Kier alpha value is -1.92. The summed E-state index contributed by atoms with van der Waals surface area (Å²) in [6.45, 7) is 6.95. The summed E-state index contributed by atoms with van der Waals surface area (Å²) in [5.41, 5.74) is 0.617. The van der Waals surface area contributed by atoms with E-state index in [2.05, 4.69) is 36.3 Å². The molecule has 6 heteroatoms. The van der Waals surface area contributed by atoms with Gasteiger partial charge < -0.3 is 14.6 Å². The van der Waals surface area contributed by atoms with Crippen LogP contribution in [0.2, 0.25) is 0 Å². The number of aromatic nitrogens is 2. The number of ether oxygens (including phenoxy) is 1. The molecule has 6 nitrogen and oxygen atoms in total. The Morgan fingerprint density at radius 1 is 1.35 bits per heavy atom. The molecule has 1 unspecified atom stereocenters. The number of para-hydroxylation sites is 1. The number of methoxy groups -OCH3 is 1. The van der Waals surface area contributed by atoms with E-state index in [1.807, 2.05) is 24.3 Å². The monoisotopic (exact) mass is 316 g/mol. The van der Waals surface area contributed by atoms with Crippen LogP contribution in [-0.2, 0) is 5.41 Å². The van der Waals surface area contributed by atoms with Crippen LogP contribution < -0.4 is 10.1 Å². The van der Waals surface area contributed by atoms with Crippen LogP contribution in [0.4, 0.5) is 0 Å². The molecule has 1 atom stereocenters. The molecule has 1 aliphatic heterocycles. The zero-order valence-electron chi connectivity index (χ0n) is 14.2.